The van der Waals surface area contributed by atoms with Gasteiger partial charge in [-0.1, -0.05) is 6.92 Å². The van der Waals surface area contributed by atoms with E-state index in [0.717, 1.165) is 5.56 Å². The van der Waals surface area contributed by atoms with Crippen molar-refractivity contribution in [3.05, 3.63) is 49.1 Å². The largest absolute Gasteiger partial charge is 0.641 e. The van der Waals surface area contributed by atoms with Crippen LogP contribution in [0, 0.1) is 57.8 Å². The third-order valence-electron chi connectivity index (χ3n) is 1.62. The second kappa shape index (κ2) is 18.9. The van der Waals surface area contributed by atoms with Gasteiger partial charge in [0.15, 0.2) is 0 Å². The zero-order chi connectivity index (χ0) is 9.68. The van der Waals surface area contributed by atoms with Crippen LogP contribution in [0.25, 0.3) is 5.57 Å². The topological polar surface area (TPSA) is 26.3 Å². The number of rotatable bonds is 3. The zero-order valence-electron chi connectivity index (χ0n) is 10.5. The number of aryl methyl sites for hydroxylation is 1. The molecule has 0 saturated heterocycles. The van der Waals surface area contributed by atoms with E-state index in [0.29, 0.717) is 5.56 Å². The van der Waals surface area contributed by atoms with Gasteiger partial charge in [0.25, 0.3) is 0 Å². The van der Waals surface area contributed by atoms with E-state index >= 15 is 0 Å². The zero-order valence-corrected chi connectivity index (χ0v) is 21.8. The van der Waals surface area contributed by atoms with Crippen LogP contribution < -0.4 is 0 Å². The quantitative estimate of drug-likeness (QED) is 0.270. The molecule has 94 valence electrons. The predicted octanol–water partition coefficient (Wildman–Crippen LogP) is 2.14. The SMILES string of the molecule is CO[C-]=C([C-]=O)c1[c-]cccc1C.[CH3-].[U].[V].[W].[Y]. The van der Waals surface area contributed by atoms with Gasteiger partial charge in [0, 0.05) is 111 Å². The van der Waals surface area contributed by atoms with Crippen LogP contribution >= 0.6 is 0 Å². The Morgan fingerprint density at radius 2 is 2.00 bits per heavy atom. The minimum atomic E-state index is 0. The summed E-state index contributed by atoms with van der Waals surface area (Å²) in [5.74, 6) is 0. The molecule has 0 saturated carbocycles. The van der Waals surface area contributed by atoms with E-state index in [1.165, 1.54) is 7.11 Å². The van der Waals surface area contributed by atoms with Crippen LogP contribution in [0.3, 0.4) is 0 Å². The van der Waals surface area contributed by atoms with Crippen LogP contribution in [0.2, 0.25) is 0 Å². The van der Waals surface area contributed by atoms with E-state index < -0.39 is 0 Å². The summed E-state index contributed by atoms with van der Waals surface area (Å²) in [6.45, 7) is 1.89. The standard InChI is InChI=1S/C11H9O2.CH3.U.V.W.Y/c1-9-5-3-4-6-11(9)10(7-12)8-13-2;;;;;/h3-5H,1-2H3;1H3;;;;/q-3;-1;;;;. The second-order valence-corrected chi connectivity index (χ2v) is 2.51. The van der Waals surface area contributed by atoms with Crippen molar-refractivity contribution in [3.8, 4) is 0 Å². The van der Waals surface area contributed by atoms with Crippen LogP contribution in [0.5, 0.6) is 0 Å². The fourth-order valence-electron chi connectivity index (χ4n) is 1.02. The van der Waals surface area contributed by atoms with Gasteiger partial charge in [-0.15, -0.1) is 6.07 Å². The average molecular weight is 750 g/mol. The summed E-state index contributed by atoms with van der Waals surface area (Å²) in [6, 6.07) is 8.41. The molecule has 0 amide bonds. The first-order valence-corrected chi connectivity index (χ1v) is 3.81. The number of hydrogen-bond acceptors (Lipinski definition) is 2. The van der Waals surface area contributed by atoms with Crippen LogP contribution in [0.15, 0.2) is 18.2 Å². The Morgan fingerprint density at radius 3 is 2.39 bits per heavy atom. The molecular weight excluding hydrogens is 738 g/mol. The van der Waals surface area contributed by atoms with Gasteiger partial charge >= 0.3 is 0 Å². The normalized spacial score (nSPS) is 8.00. The first-order valence-electron chi connectivity index (χ1n) is 3.81. The van der Waals surface area contributed by atoms with Crippen molar-refractivity contribution >= 4 is 11.9 Å². The number of allylic oxidation sites excluding steroid dienone is 1. The maximum atomic E-state index is 10.5. The van der Waals surface area contributed by atoms with Gasteiger partial charge in [-0.05, 0) is 0 Å². The van der Waals surface area contributed by atoms with Gasteiger partial charge in [0.2, 0.25) is 0 Å². The fourth-order valence-corrected chi connectivity index (χ4v) is 1.02. The summed E-state index contributed by atoms with van der Waals surface area (Å²) in [6.07, 6.45) is 4.21. The molecule has 0 aliphatic heterocycles. The summed E-state index contributed by atoms with van der Waals surface area (Å²) in [7, 11) is 1.44. The number of benzene rings is 1. The third kappa shape index (κ3) is 10.6. The minimum absolute atomic E-state index is 0. The Hall–Kier alpha value is 1.86. The molecular formula is C12H12O2UVWY-4. The summed E-state index contributed by atoms with van der Waals surface area (Å²) in [5, 5.41) is 0. The maximum Gasteiger partial charge on any atom is 0.0428 e. The number of ether oxygens (including phenoxy) is 1. The molecule has 0 N–H and O–H groups in total. The van der Waals surface area contributed by atoms with Crippen LogP contribution in [-0.2, 0) is 81.9 Å². The molecule has 0 spiro atoms. The maximum absolute atomic E-state index is 10.5. The molecule has 1 aromatic carbocycles. The molecule has 18 heavy (non-hydrogen) atoms. The summed E-state index contributed by atoms with van der Waals surface area (Å²) < 4.78 is 4.63. The van der Waals surface area contributed by atoms with Crippen LogP contribution in [0.4, 0.5) is 0 Å². The Kier molecular flexibility index (Phi) is 33.5. The van der Waals surface area contributed by atoms with E-state index in [1.807, 2.05) is 19.1 Å². The van der Waals surface area contributed by atoms with Gasteiger partial charge in [-0.25, -0.2) is 11.8 Å². The summed E-state index contributed by atoms with van der Waals surface area (Å²) in [5.41, 5.74) is 1.89. The van der Waals surface area contributed by atoms with E-state index in [1.54, 1.807) is 12.4 Å². The number of methoxy groups -OCH3 is 1. The number of carbonyl (C=O) groups excluding carboxylic acids is 1. The van der Waals surface area contributed by atoms with Gasteiger partial charge in [-0.3, -0.25) is 6.07 Å². The molecule has 2 nitrogen and oxygen atoms in total. The molecule has 0 heterocycles. The molecule has 0 bridgehead atoms. The van der Waals surface area contributed by atoms with Crippen molar-refractivity contribution in [3.63, 3.8) is 0 Å². The fraction of sp³-hybridized carbons (Fsp3) is 0.167. The Labute approximate surface area is 185 Å². The van der Waals surface area contributed by atoms with Crippen LogP contribution in [0.1, 0.15) is 11.1 Å². The van der Waals surface area contributed by atoms with Gasteiger partial charge < -0.3 is 28.1 Å². The van der Waals surface area contributed by atoms with E-state index in [9.17, 15) is 4.79 Å². The van der Waals surface area contributed by atoms with Gasteiger partial charge in [0.1, 0.15) is 0 Å². The smallest absolute Gasteiger partial charge is 0.0428 e. The van der Waals surface area contributed by atoms with E-state index in [-0.39, 0.29) is 116 Å². The molecule has 0 unspecified atom stereocenters. The molecule has 0 aliphatic carbocycles. The van der Waals surface area contributed by atoms with E-state index in [4.69, 9.17) is 0 Å². The second-order valence-electron chi connectivity index (χ2n) is 2.51. The first-order chi connectivity index (χ1) is 6.29. The van der Waals surface area contributed by atoms with Crippen molar-refractivity contribution in [2.45, 2.75) is 6.92 Å². The van der Waals surface area contributed by atoms with Crippen molar-refractivity contribution < 1.29 is 113 Å². The molecule has 0 aromatic heterocycles. The van der Waals surface area contributed by atoms with Gasteiger partial charge in [-0.2, -0.15) is 18.4 Å². The molecule has 1 aromatic rings. The van der Waals surface area contributed by atoms with Crippen molar-refractivity contribution in [2.24, 2.45) is 0 Å². The Morgan fingerprint density at radius 1 is 1.44 bits per heavy atom. The first kappa shape index (κ1) is 32.0. The molecule has 6 heteroatoms. The van der Waals surface area contributed by atoms with Crippen molar-refractivity contribution in [2.75, 3.05) is 7.11 Å². The molecule has 0 fully saturated rings. The average Bonchev–Trinajstić information content (AvgIpc) is 2.16. The Bertz CT molecular complexity index is 349. The Balaban J connectivity index is -0.000000113. The monoisotopic (exact) mass is 750 g/mol. The minimum Gasteiger partial charge on any atom is -0.641 e. The molecule has 0 aliphatic rings. The molecule has 2 radical (unpaired) electrons. The van der Waals surface area contributed by atoms with Crippen molar-refractivity contribution in [1.29, 1.82) is 0 Å². The summed E-state index contributed by atoms with van der Waals surface area (Å²) >= 11 is 0. The summed E-state index contributed by atoms with van der Waals surface area (Å²) in [4.78, 5) is 10.5. The predicted molar refractivity (Wildman–Crippen MR) is 55.8 cm³/mol. The molecule has 0 atom stereocenters. The van der Waals surface area contributed by atoms with Crippen molar-refractivity contribution in [1.82, 2.24) is 0 Å². The van der Waals surface area contributed by atoms with E-state index in [2.05, 4.69) is 17.1 Å². The van der Waals surface area contributed by atoms with Crippen LogP contribution in [-0.4, -0.2) is 13.4 Å². The third-order valence-corrected chi connectivity index (χ3v) is 1.62. The number of hydrogen-bond donors (Lipinski definition) is 0. The molecule has 1 rings (SSSR count). The van der Waals surface area contributed by atoms with Gasteiger partial charge in [0.05, 0.1) is 0 Å².